The topological polar surface area (TPSA) is 93.5 Å². The van der Waals surface area contributed by atoms with Gasteiger partial charge in [0.15, 0.2) is 0 Å². The lowest BCUT2D eigenvalue weighted by Crippen LogP contribution is -2.53. The summed E-state index contributed by atoms with van der Waals surface area (Å²) in [6, 6.07) is 0. The van der Waals surface area contributed by atoms with Crippen LogP contribution in [0, 0.1) is 0 Å². The van der Waals surface area contributed by atoms with Gasteiger partial charge in [0.2, 0.25) is 0 Å². The summed E-state index contributed by atoms with van der Waals surface area (Å²) in [5, 5.41) is 36.4. The third-order valence-corrected chi connectivity index (χ3v) is 2.28. The summed E-state index contributed by atoms with van der Waals surface area (Å²) in [4.78, 5) is 0. The molecule has 0 unspecified atom stereocenters. The fraction of sp³-hybridized carbons (Fsp3) is 1.00. The molecule has 1 saturated heterocycles. The van der Waals surface area contributed by atoms with Gasteiger partial charge in [0.25, 0.3) is 0 Å². The molecule has 1 saturated carbocycles. The second kappa shape index (κ2) is 2.15. The van der Waals surface area contributed by atoms with Gasteiger partial charge < -0.3 is 25.2 Å². The van der Waals surface area contributed by atoms with Crippen LogP contribution in [0.1, 0.15) is 0 Å². The molecule has 0 aromatic carbocycles. The molecule has 64 valence electrons. The van der Waals surface area contributed by atoms with Crippen LogP contribution in [0.5, 0.6) is 0 Å². The van der Waals surface area contributed by atoms with Crippen LogP contribution in [-0.4, -0.2) is 57.0 Å². The zero-order chi connectivity index (χ0) is 8.17. The lowest BCUT2D eigenvalue weighted by atomic mass is 9.90. The number of aliphatic hydroxyl groups is 4. The monoisotopic (exact) mass is 162 g/mol. The zero-order valence-electron chi connectivity index (χ0n) is 5.66. The first-order valence-electron chi connectivity index (χ1n) is 3.50. The van der Waals surface area contributed by atoms with Gasteiger partial charge in [-0.05, 0) is 0 Å². The van der Waals surface area contributed by atoms with Gasteiger partial charge in [0.05, 0.1) is 0 Å². The van der Waals surface area contributed by atoms with Gasteiger partial charge in [-0.1, -0.05) is 0 Å². The Morgan fingerprint density at radius 3 is 1.36 bits per heavy atom. The van der Waals surface area contributed by atoms with Gasteiger partial charge in [0, 0.05) is 0 Å². The van der Waals surface area contributed by atoms with Crippen molar-refractivity contribution in [1.82, 2.24) is 0 Å². The Bertz CT molecular complexity index is 154. The summed E-state index contributed by atoms with van der Waals surface area (Å²) >= 11 is 0. The quantitative estimate of drug-likeness (QED) is 0.289. The van der Waals surface area contributed by atoms with Crippen molar-refractivity contribution in [3.05, 3.63) is 0 Å². The van der Waals surface area contributed by atoms with Crippen LogP contribution >= 0.6 is 0 Å². The van der Waals surface area contributed by atoms with Crippen molar-refractivity contribution in [3.63, 3.8) is 0 Å². The fourth-order valence-electron chi connectivity index (χ4n) is 1.48. The predicted molar refractivity (Wildman–Crippen MR) is 32.7 cm³/mol. The highest BCUT2D eigenvalue weighted by atomic mass is 16.6. The van der Waals surface area contributed by atoms with Gasteiger partial charge in [-0.3, -0.25) is 0 Å². The van der Waals surface area contributed by atoms with E-state index in [0.717, 1.165) is 0 Å². The van der Waals surface area contributed by atoms with Gasteiger partial charge >= 0.3 is 0 Å². The Labute approximate surface area is 62.8 Å². The third-order valence-electron chi connectivity index (χ3n) is 2.28. The van der Waals surface area contributed by atoms with E-state index in [0.29, 0.717) is 0 Å². The van der Waals surface area contributed by atoms with Crippen molar-refractivity contribution in [2.75, 3.05) is 0 Å². The smallest absolute Gasteiger partial charge is 0.115 e. The van der Waals surface area contributed by atoms with Crippen LogP contribution in [0.15, 0.2) is 0 Å². The lowest BCUT2D eigenvalue weighted by molar-refractivity contribution is -0.121. The minimum atomic E-state index is -1.30. The normalized spacial score (nSPS) is 62.2. The van der Waals surface area contributed by atoms with E-state index in [1.54, 1.807) is 0 Å². The first kappa shape index (κ1) is 7.45. The summed E-state index contributed by atoms with van der Waals surface area (Å²) < 4.78 is 4.82. The number of fused-ring (bicyclic) bond motifs is 1. The summed E-state index contributed by atoms with van der Waals surface area (Å²) in [7, 11) is 0. The molecule has 2 aliphatic rings. The highest BCUT2D eigenvalue weighted by Crippen LogP contribution is 2.37. The second-order valence-electron chi connectivity index (χ2n) is 3.03. The lowest BCUT2D eigenvalue weighted by Gasteiger charge is -2.28. The minimum absolute atomic E-state index is 0.497. The molecule has 0 amide bonds. The van der Waals surface area contributed by atoms with Crippen LogP contribution in [0.2, 0.25) is 0 Å². The van der Waals surface area contributed by atoms with Crippen molar-refractivity contribution in [2.24, 2.45) is 0 Å². The van der Waals surface area contributed by atoms with Gasteiger partial charge in [-0.2, -0.15) is 0 Å². The molecule has 0 radical (unpaired) electrons. The Hall–Kier alpha value is -0.200. The Balaban J connectivity index is 2.13. The molecule has 5 nitrogen and oxygen atoms in total. The highest BCUT2D eigenvalue weighted by molar-refractivity contribution is 5.07. The largest absolute Gasteiger partial charge is 0.387 e. The zero-order valence-corrected chi connectivity index (χ0v) is 5.66. The first-order chi connectivity index (χ1) is 5.13. The maximum Gasteiger partial charge on any atom is 0.115 e. The molecule has 0 aromatic heterocycles. The summed E-state index contributed by atoms with van der Waals surface area (Å²) in [5.41, 5.74) is 0. The Kier molecular flexibility index (Phi) is 1.45. The molecule has 4 N–H and O–H groups in total. The molecule has 2 fully saturated rings. The second-order valence-corrected chi connectivity index (χ2v) is 3.03. The van der Waals surface area contributed by atoms with E-state index in [9.17, 15) is 0 Å². The Morgan fingerprint density at radius 1 is 0.636 bits per heavy atom. The SMILES string of the molecule is O[C@@H]1[C@H](O)[C@@H](O)[C@H]2O[C@H]2[C@@H]1O. The van der Waals surface area contributed by atoms with Crippen LogP contribution < -0.4 is 0 Å². The number of ether oxygens (including phenoxy) is 1. The fourth-order valence-corrected chi connectivity index (χ4v) is 1.48. The van der Waals surface area contributed by atoms with E-state index < -0.39 is 36.6 Å². The molecule has 2 rings (SSSR count). The number of rotatable bonds is 0. The molecular formula is C6H10O5. The minimum Gasteiger partial charge on any atom is -0.387 e. The standard InChI is InChI=1S/C6H10O5/c7-1-2(8)4(10)6-5(11-6)3(1)9/h1-10H/t1-,2+,3-,4-,5+,6-/m1/s1. The number of hydrogen-bond acceptors (Lipinski definition) is 5. The van der Waals surface area contributed by atoms with E-state index in [1.165, 1.54) is 0 Å². The van der Waals surface area contributed by atoms with Crippen molar-refractivity contribution >= 4 is 0 Å². The molecule has 0 aromatic rings. The summed E-state index contributed by atoms with van der Waals surface area (Å²) in [6.07, 6.45) is -5.73. The van der Waals surface area contributed by atoms with Crippen LogP contribution in [0.3, 0.4) is 0 Å². The molecule has 1 aliphatic carbocycles. The number of aliphatic hydroxyl groups excluding tert-OH is 4. The molecule has 6 atom stereocenters. The van der Waals surface area contributed by atoms with Gasteiger partial charge in [-0.25, -0.2) is 0 Å². The van der Waals surface area contributed by atoms with E-state index in [4.69, 9.17) is 25.2 Å². The maximum absolute atomic E-state index is 9.13. The third kappa shape index (κ3) is 0.896. The van der Waals surface area contributed by atoms with E-state index in [-0.39, 0.29) is 0 Å². The van der Waals surface area contributed by atoms with Crippen LogP contribution in [-0.2, 0) is 4.74 Å². The van der Waals surface area contributed by atoms with Crippen molar-refractivity contribution < 1.29 is 25.2 Å². The number of epoxide rings is 1. The van der Waals surface area contributed by atoms with E-state index >= 15 is 0 Å². The average molecular weight is 162 g/mol. The Morgan fingerprint density at radius 2 is 1.00 bits per heavy atom. The molecule has 5 heteroatoms. The van der Waals surface area contributed by atoms with Crippen molar-refractivity contribution in [2.45, 2.75) is 36.6 Å². The molecule has 11 heavy (non-hydrogen) atoms. The van der Waals surface area contributed by atoms with Crippen molar-refractivity contribution in [1.29, 1.82) is 0 Å². The first-order valence-corrected chi connectivity index (χ1v) is 3.50. The summed E-state index contributed by atoms with van der Waals surface area (Å²) in [5.74, 6) is 0. The van der Waals surface area contributed by atoms with Gasteiger partial charge in [-0.15, -0.1) is 0 Å². The molecule has 1 heterocycles. The molecule has 1 aliphatic heterocycles. The van der Waals surface area contributed by atoms with Crippen LogP contribution in [0.4, 0.5) is 0 Å². The predicted octanol–water partition coefficient (Wildman–Crippen LogP) is -2.79. The molecular weight excluding hydrogens is 152 g/mol. The van der Waals surface area contributed by atoms with Crippen LogP contribution in [0.25, 0.3) is 0 Å². The van der Waals surface area contributed by atoms with Gasteiger partial charge in [0.1, 0.15) is 36.6 Å². The van der Waals surface area contributed by atoms with E-state index in [2.05, 4.69) is 0 Å². The maximum atomic E-state index is 9.13. The van der Waals surface area contributed by atoms with Crippen molar-refractivity contribution in [3.8, 4) is 0 Å². The molecule has 0 spiro atoms. The summed E-state index contributed by atoms with van der Waals surface area (Å²) in [6.45, 7) is 0. The van der Waals surface area contributed by atoms with E-state index in [1.807, 2.05) is 0 Å². The number of hydrogen-bond donors (Lipinski definition) is 4. The average Bonchev–Trinajstić information content (AvgIpc) is 2.76. The highest BCUT2D eigenvalue weighted by Gasteiger charge is 2.59. The molecule has 0 bridgehead atoms.